The molecule has 0 aromatic rings. The Morgan fingerprint density at radius 1 is 1.30 bits per heavy atom. The summed E-state index contributed by atoms with van der Waals surface area (Å²) in [6, 6.07) is 0.466. The van der Waals surface area contributed by atoms with E-state index in [0.717, 1.165) is 38.8 Å². The van der Waals surface area contributed by atoms with Gasteiger partial charge in [0.25, 0.3) is 0 Å². The first-order valence-electron chi connectivity index (χ1n) is 7.48. The van der Waals surface area contributed by atoms with E-state index in [1.165, 1.54) is 19.3 Å². The molecule has 1 aliphatic carbocycles. The van der Waals surface area contributed by atoms with E-state index in [1.807, 2.05) is 4.90 Å². The van der Waals surface area contributed by atoms with Crippen LogP contribution in [0.1, 0.15) is 44.9 Å². The molecule has 1 saturated carbocycles. The van der Waals surface area contributed by atoms with Crippen LogP contribution in [0, 0.1) is 0 Å². The first kappa shape index (κ1) is 15.9. The maximum absolute atomic E-state index is 12.3. The number of hydrogen-bond acceptors (Lipinski definition) is 3. The molecule has 3 N–H and O–H groups in total. The molecule has 1 aliphatic heterocycles. The summed E-state index contributed by atoms with van der Waals surface area (Å²) in [7, 11) is 0. The van der Waals surface area contributed by atoms with E-state index < -0.39 is 0 Å². The Balaban J connectivity index is 1.83. The Labute approximate surface area is 131 Å². The lowest BCUT2D eigenvalue weighted by Crippen LogP contribution is -2.54. The van der Waals surface area contributed by atoms with Gasteiger partial charge in [0.1, 0.15) is 0 Å². The quantitative estimate of drug-likeness (QED) is 0.786. The average molecular weight is 316 g/mol. The first-order valence-corrected chi connectivity index (χ1v) is 9.11. The summed E-state index contributed by atoms with van der Waals surface area (Å²) in [5.41, 5.74) is 5.88. The average Bonchev–Trinajstić information content (AvgIpc) is 2.48. The van der Waals surface area contributed by atoms with Crippen molar-refractivity contribution in [1.29, 1.82) is 0 Å². The predicted molar refractivity (Wildman–Crippen MR) is 89.2 cm³/mol. The molecule has 0 unspecified atom stereocenters. The number of carbonyl (C=O) groups is 1. The summed E-state index contributed by atoms with van der Waals surface area (Å²) >= 11 is 6.93. The Bertz CT molecular complexity index is 361. The number of likely N-dealkylation sites (tertiary alicyclic amines) is 1. The van der Waals surface area contributed by atoms with Crippen molar-refractivity contribution in [3.8, 4) is 0 Å². The number of urea groups is 1. The Morgan fingerprint density at radius 2 is 1.90 bits per heavy atom. The zero-order valence-electron chi connectivity index (χ0n) is 12.2. The monoisotopic (exact) mass is 315 g/mol. The molecule has 2 aliphatic rings. The molecule has 0 aromatic carbocycles. The van der Waals surface area contributed by atoms with E-state index >= 15 is 0 Å². The van der Waals surface area contributed by atoms with E-state index in [1.54, 1.807) is 11.8 Å². The van der Waals surface area contributed by atoms with Crippen molar-refractivity contribution in [3.05, 3.63) is 0 Å². The third kappa shape index (κ3) is 3.58. The van der Waals surface area contributed by atoms with Crippen molar-refractivity contribution in [2.24, 2.45) is 5.73 Å². The molecule has 1 saturated heterocycles. The highest BCUT2D eigenvalue weighted by Gasteiger charge is 2.38. The third-order valence-electron chi connectivity index (χ3n) is 4.63. The third-order valence-corrected chi connectivity index (χ3v) is 6.56. The topological polar surface area (TPSA) is 58.4 Å². The molecule has 2 fully saturated rings. The second-order valence-corrected chi connectivity index (χ2v) is 7.46. The number of nitrogens with zero attached hydrogens (tertiary/aromatic N) is 1. The minimum Gasteiger partial charge on any atom is -0.392 e. The van der Waals surface area contributed by atoms with Crippen LogP contribution in [0.3, 0.4) is 0 Å². The van der Waals surface area contributed by atoms with Gasteiger partial charge in [-0.25, -0.2) is 4.79 Å². The highest BCUT2D eigenvalue weighted by Crippen LogP contribution is 2.35. The highest BCUT2D eigenvalue weighted by molar-refractivity contribution is 8.02. The summed E-state index contributed by atoms with van der Waals surface area (Å²) in [4.78, 5) is 14.8. The standard InChI is InChI=1S/C14H25N3OS2/c1-20-14(12(15)19)7-9-17(10-8-14)13(18)16-11-5-3-2-4-6-11/h11H,2-10H2,1H3,(H2,15,19)(H,16,18). The summed E-state index contributed by atoms with van der Waals surface area (Å²) in [5, 5.41) is 3.18. The summed E-state index contributed by atoms with van der Waals surface area (Å²) in [6.07, 6.45) is 9.81. The maximum atomic E-state index is 12.3. The molecule has 1 heterocycles. The number of carbonyl (C=O) groups excluding carboxylic acids is 1. The number of thiocarbonyl (C=S) groups is 1. The molecular formula is C14H25N3OS2. The fourth-order valence-corrected chi connectivity index (χ4v) is 4.38. The largest absolute Gasteiger partial charge is 0.392 e. The molecule has 0 spiro atoms. The normalized spacial score (nSPS) is 23.4. The Kier molecular flexibility index (Phi) is 5.55. The number of hydrogen-bond donors (Lipinski definition) is 2. The van der Waals surface area contributed by atoms with E-state index in [2.05, 4.69) is 11.6 Å². The summed E-state index contributed by atoms with van der Waals surface area (Å²) < 4.78 is -0.114. The first-order chi connectivity index (χ1) is 9.57. The number of nitrogens with one attached hydrogen (secondary N) is 1. The van der Waals surface area contributed by atoms with Gasteiger partial charge in [-0.05, 0) is 31.9 Å². The van der Waals surface area contributed by atoms with Crippen LogP contribution >= 0.6 is 24.0 Å². The Hall–Kier alpha value is -0.490. The van der Waals surface area contributed by atoms with Crippen molar-refractivity contribution in [2.75, 3.05) is 19.3 Å². The van der Waals surface area contributed by atoms with E-state index in [9.17, 15) is 4.79 Å². The van der Waals surface area contributed by atoms with Gasteiger partial charge >= 0.3 is 6.03 Å². The summed E-state index contributed by atoms with van der Waals surface area (Å²) in [5.74, 6) is 0. The minimum atomic E-state index is -0.114. The fourth-order valence-electron chi connectivity index (χ4n) is 3.13. The van der Waals surface area contributed by atoms with Crippen LogP contribution in [-0.2, 0) is 0 Å². The van der Waals surface area contributed by atoms with Crippen molar-refractivity contribution >= 4 is 35.0 Å². The second kappa shape index (κ2) is 6.98. The van der Waals surface area contributed by atoms with Gasteiger partial charge in [-0.2, -0.15) is 11.8 Å². The van der Waals surface area contributed by atoms with Crippen molar-refractivity contribution in [2.45, 2.75) is 55.7 Å². The van der Waals surface area contributed by atoms with Crippen LogP contribution in [0.4, 0.5) is 4.79 Å². The van der Waals surface area contributed by atoms with Gasteiger partial charge in [-0.1, -0.05) is 31.5 Å². The zero-order chi connectivity index (χ0) is 14.6. The van der Waals surface area contributed by atoms with Crippen molar-refractivity contribution < 1.29 is 4.79 Å². The number of nitrogens with two attached hydrogens (primary N) is 1. The number of amides is 2. The molecule has 2 rings (SSSR count). The summed E-state index contributed by atoms with van der Waals surface area (Å²) in [6.45, 7) is 1.49. The van der Waals surface area contributed by atoms with Crippen LogP contribution < -0.4 is 11.1 Å². The lowest BCUT2D eigenvalue weighted by Gasteiger charge is -2.40. The van der Waals surface area contributed by atoms with Crippen LogP contribution in [0.25, 0.3) is 0 Å². The van der Waals surface area contributed by atoms with E-state index in [0.29, 0.717) is 11.0 Å². The molecular weight excluding hydrogens is 290 g/mol. The predicted octanol–water partition coefficient (Wildman–Crippen LogP) is 2.51. The van der Waals surface area contributed by atoms with E-state index in [-0.39, 0.29) is 10.8 Å². The van der Waals surface area contributed by atoms with Gasteiger partial charge in [0, 0.05) is 19.1 Å². The molecule has 0 bridgehead atoms. The fraction of sp³-hybridized carbons (Fsp3) is 0.857. The van der Waals surface area contributed by atoms with Gasteiger partial charge in [0.05, 0.1) is 9.74 Å². The van der Waals surface area contributed by atoms with Gasteiger partial charge in [0.15, 0.2) is 0 Å². The SMILES string of the molecule is CSC1(C(N)=S)CCN(C(=O)NC2CCCCC2)CC1. The molecule has 0 aromatic heterocycles. The molecule has 6 heteroatoms. The Morgan fingerprint density at radius 3 is 2.40 bits per heavy atom. The molecule has 0 radical (unpaired) electrons. The lowest BCUT2D eigenvalue weighted by atomic mass is 9.95. The minimum absolute atomic E-state index is 0.0922. The molecule has 20 heavy (non-hydrogen) atoms. The van der Waals surface area contributed by atoms with Crippen molar-refractivity contribution in [3.63, 3.8) is 0 Å². The number of thioether (sulfide) groups is 1. The smallest absolute Gasteiger partial charge is 0.317 e. The second-order valence-electron chi connectivity index (χ2n) is 5.83. The lowest BCUT2D eigenvalue weighted by molar-refractivity contribution is 0.177. The van der Waals surface area contributed by atoms with Crippen LogP contribution in [-0.4, -0.2) is 46.1 Å². The maximum Gasteiger partial charge on any atom is 0.317 e. The number of piperidine rings is 1. The zero-order valence-corrected chi connectivity index (χ0v) is 13.8. The van der Waals surface area contributed by atoms with Crippen molar-refractivity contribution in [1.82, 2.24) is 10.2 Å². The molecule has 2 amide bonds. The number of rotatable bonds is 3. The molecule has 0 atom stereocenters. The van der Waals surface area contributed by atoms with E-state index in [4.69, 9.17) is 18.0 Å². The highest BCUT2D eigenvalue weighted by atomic mass is 32.2. The molecule has 114 valence electrons. The van der Waals surface area contributed by atoms with Gasteiger partial charge in [-0.15, -0.1) is 0 Å². The molecule has 4 nitrogen and oxygen atoms in total. The van der Waals surface area contributed by atoms with Gasteiger partial charge in [0.2, 0.25) is 0 Å². The van der Waals surface area contributed by atoms with Gasteiger partial charge in [-0.3, -0.25) is 0 Å². The van der Waals surface area contributed by atoms with Crippen LogP contribution in [0.5, 0.6) is 0 Å². The van der Waals surface area contributed by atoms with Crippen LogP contribution in [0.2, 0.25) is 0 Å². The van der Waals surface area contributed by atoms with Crippen LogP contribution in [0.15, 0.2) is 0 Å². The van der Waals surface area contributed by atoms with Gasteiger partial charge < -0.3 is 16.0 Å².